The van der Waals surface area contributed by atoms with E-state index in [1.807, 2.05) is 25.1 Å². The van der Waals surface area contributed by atoms with Gasteiger partial charge in [-0.25, -0.2) is 0 Å². The predicted octanol–water partition coefficient (Wildman–Crippen LogP) is 1.61. The third kappa shape index (κ3) is 4.51. The lowest BCUT2D eigenvalue weighted by atomic mass is 10.1. The maximum absolute atomic E-state index is 12.7. The van der Waals surface area contributed by atoms with E-state index in [1.165, 1.54) is 6.92 Å². The van der Waals surface area contributed by atoms with Gasteiger partial charge in [0.15, 0.2) is 5.75 Å². The highest BCUT2D eigenvalue weighted by Gasteiger charge is 2.30. The summed E-state index contributed by atoms with van der Waals surface area (Å²) in [6, 6.07) is 4.57. The van der Waals surface area contributed by atoms with Crippen LogP contribution in [0, 0.1) is 0 Å². The standard InChI is InChI=1S/C20H24N2O6/c1-3-17-19(15-6-4-5-14(15)12-27-17)28-18(24)11-16(21-13(2)23)20(25)22-7-9-26-10-8-22/h4-6,12,16H,3,7-11H2,1-2H3,(H,21,23). The molecule has 0 aromatic rings. The van der Waals surface area contributed by atoms with Gasteiger partial charge in [0.05, 0.1) is 25.9 Å². The number of ether oxygens (including phenoxy) is 2. The van der Waals surface area contributed by atoms with Crippen molar-refractivity contribution in [2.24, 2.45) is 0 Å². The van der Waals surface area contributed by atoms with Crippen molar-refractivity contribution in [1.82, 2.24) is 10.2 Å². The average molecular weight is 388 g/mol. The summed E-state index contributed by atoms with van der Waals surface area (Å²) in [6.45, 7) is 4.93. The zero-order chi connectivity index (χ0) is 20.1. The molecule has 1 N–H and O–H groups in total. The fraction of sp³-hybridized carbons (Fsp3) is 0.450. The van der Waals surface area contributed by atoms with Crippen molar-refractivity contribution < 1.29 is 28.3 Å². The summed E-state index contributed by atoms with van der Waals surface area (Å²) in [5, 5.41) is 2.56. The lowest BCUT2D eigenvalue weighted by molar-refractivity contribution is -0.144. The van der Waals surface area contributed by atoms with Gasteiger partial charge in [0.2, 0.25) is 11.8 Å². The fourth-order valence-corrected chi connectivity index (χ4v) is 3.21. The molecule has 2 heterocycles. The Hall–Kier alpha value is -2.87. The normalized spacial score (nSPS) is 15.3. The van der Waals surface area contributed by atoms with Gasteiger partial charge in [0, 0.05) is 37.6 Å². The van der Waals surface area contributed by atoms with Crippen molar-refractivity contribution in [3.63, 3.8) is 0 Å². The van der Waals surface area contributed by atoms with E-state index in [4.69, 9.17) is 13.9 Å². The highest BCUT2D eigenvalue weighted by atomic mass is 16.5. The second-order valence-electron chi connectivity index (χ2n) is 6.61. The van der Waals surface area contributed by atoms with Crippen LogP contribution in [0.15, 0.2) is 28.9 Å². The van der Waals surface area contributed by atoms with Gasteiger partial charge in [-0.05, 0) is 0 Å². The molecule has 1 aliphatic carbocycles. The van der Waals surface area contributed by atoms with Gasteiger partial charge in [-0.15, -0.1) is 0 Å². The van der Waals surface area contributed by atoms with Crippen LogP contribution in [0.25, 0.3) is 11.1 Å². The van der Waals surface area contributed by atoms with E-state index in [2.05, 4.69) is 5.32 Å². The molecule has 0 radical (unpaired) electrons. The number of hydrogen-bond acceptors (Lipinski definition) is 6. The van der Waals surface area contributed by atoms with Crippen LogP contribution in [0.1, 0.15) is 26.0 Å². The summed E-state index contributed by atoms with van der Waals surface area (Å²) in [4.78, 5) is 38.5. The lowest BCUT2D eigenvalue weighted by Gasteiger charge is -2.30. The van der Waals surface area contributed by atoms with E-state index in [0.717, 1.165) is 11.1 Å². The molecule has 2 aliphatic heterocycles. The third-order valence-corrected chi connectivity index (χ3v) is 4.58. The zero-order valence-corrected chi connectivity index (χ0v) is 16.0. The first kappa shape index (κ1) is 19.9. The molecule has 2 amide bonds. The van der Waals surface area contributed by atoms with Crippen LogP contribution in [0.4, 0.5) is 0 Å². The van der Waals surface area contributed by atoms with E-state index in [1.54, 1.807) is 11.2 Å². The minimum absolute atomic E-state index is 0.268. The molecule has 0 aromatic carbocycles. The van der Waals surface area contributed by atoms with Crippen molar-refractivity contribution in [3.8, 4) is 16.9 Å². The number of esters is 1. The van der Waals surface area contributed by atoms with Crippen LogP contribution in [0.3, 0.4) is 0 Å². The van der Waals surface area contributed by atoms with Crippen LogP contribution in [-0.2, 0) is 25.5 Å². The lowest BCUT2D eigenvalue weighted by Crippen LogP contribution is -2.52. The molecule has 1 fully saturated rings. The molecule has 0 aromatic heterocycles. The molecule has 150 valence electrons. The van der Waals surface area contributed by atoms with Crippen LogP contribution < -0.4 is 10.1 Å². The number of aryl methyl sites for hydroxylation is 1. The highest BCUT2D eigenvalue weighted by molar-refractivity contribution is 5.91. The summed E-state index contributed by atoms with van der Waals surface area (Å²) in [5.41, 5.74) is 1.59. The predicted molar refractivity (Wildman–Crippen MR) is 100.0 cm³/mol. The fourth-order valence-electron chi connectivity index (χ4n) is 3.21. The topological polar surface area (TPSA) is 98.1 Å². The maximum atomic E-state index is 12.7. The molecule has 3 aliphatic rings. The van der Waals surface area contributed by atoms with E-state index < -0.39 is 12.0 Å². The molecular weight excluding hydrogens is 364 g/mol. The van der Waals surface area contributed by atoms with Crippen molar-refractivity contribution in [3.05, 3.63) is 30.2 Å². The smallest absolute Gasteiger partial charge is 0.313 e. The molecule has 0 saturated carbocycles. The summed E-state index contributed by atoms with van der Waals surface area (Å²) in [6.07, 6.45) is 1.90. The van der Waals surface area contributed by atoms with E-state index in [9.17, 15) is 14.4 Å². The molecule has 8 nitrogen and oxygen atoms in total. The first-order valence-electron chi connectivity index (χ1n) is 9.33. The Morgan fingerprint density at radius 2 is 2.00 bits per heavy atom. The second-order valence-corrected chi connectivity index (χ2v) is 6.61. The quantitative estimate of drug-likeness (QED) is 0.755. The monoisotopic (exact) mass is 388 g/mol. The molecule has 8 heteroatoms. The minimum Gasteiger partial charge on any atom is -0.465 e. The molecule has 0 spiro atoms. The molecule has 28 heavy (non-hydrogen) atoms. The van der Waals surface area contributed by atoms with E-state index in [0.29, 0.717) is 44.2 Å². The van der Waals surface area contributed by atoms with Crippen molar-refractivity contribution in [1.29, 1.82) is 0 Å². The molecule has 0 bridgehead atoms. The van der Waals surface area contributed by atoms with Gasteiger partial charge < -0.3 is 24.1 Å². The Kier molecular flexibility index (Phi) is 6.30. The van der Waals surface area contributed by atoms with Crippen molar-refractivity contribution in [2.75, 3.05) is 26.3 Å². The van der Waals surface area contributed by atoms with Gasteiger partial charge in [-0.1, -0.05) is 25.1 Å². The average Bonchev–Trinajstić information content (AvgIpc) is 3.16. The van der Waals surface area contributed by atoms with Gasteiger partial charge in [0.1, 0.15) is 11.8 Å². The van der Waals surface area contributed by atoms with Gasteiger partial charge in [-0.2, -0.15) is 0 Å². The number of hydrogen-bond donors (Lipinski definition) is 1. The number of carbonyl (C=O) groups excluding carboxylic acids is 3. The number of morpholine rings is 1. The second kappa shape index (κ2) is 8.88. The Balaban J connectivity index is 1.74. The van der Waals surface area contributed by atoms with Crippen LogP contribution in [-0.4, -0.2) is 55.0 Å². The Morgan fingerprint density at radius 1 is 1.25 bits per heavy atom. The minimum atomic E-state index is -0.982. The number of amides is 2. The molecule has 1 saturated heterocycles. The van der Waals surface area contributed by atoms with Gasteiger partial charge >= 0.3 is 5.97 Å². The van der Waals surface area contributed by atoms with Crippen molar-refractivity contribution >= 4 is 17.8 Å². The summed E-state index contributed by atoms with van der Waals surface area (Å²) >= 11 is 0. The SMILES string of the molecule is CCc1occ2cccc-2c1OC(=O)CC(NC(C)=O)C(=O)N1CCOCC1. The van der Waals surface area contributed by atoms with Gasteiger partial charge in [0.25, 0.3) is 0 Å². The third-order valence-electron chi connectivity index (χ3n) is 4.58. The largest absolute Gasteiger partial charge is 0.465 e. The van der Waals surface area contributed by atoms with Crippen LogP contribution in [0.2, 0.25) is 0 Å². The summed E-state index contributed by atoms with van der Waals surface area (Å²) in [7, 11) is 0. The Labute approximate surface area is 163 Å². The Morgan fingerprint density at radius 3 is 2.68 bits per heavy atom. The number of rotatable bonds is 6. The number of fused-ring (bicyclic) bond motifs is 1. The molecule has 1 atom stereocenters. The molecular formula is C20H24N2O6. The van der Waals surface area contributed by atoms with Gasteiger partial charge in [-0.3, -0.25) is 14.4 Å². The van der Waals surface area contributed by atoms with E-state index in [-0.39, 0.29) is 18.2 Å². The summed E-state index contributed by atoms with van der Waals surface area (Å²) < 4.78 is 16.4. The number of carbonyl (C=O) groups is 3. The number of nitrogens with zero attached hydrogens (tertiary/aromatic N) is 1. The molecule has 1 unspecified atom stereocenters. The van der Waals surface area contributed by atoms with E-state index >= 15 is 0 Å². The summed E-state index contributed by atoms with van der Waals surface area (Å²) in [5.74, 6) is -0.416. The van der Waals surface area contributed by atoms with Crippen molar-refractivity contribution in [2.45, 2.75) is 32.7 Å². The molecule has 3 rings (SSSR count). The van der Waals surface area contributed by atoms with Crippen LogP contribution >= 0.6 is 0 Å². The first-order chi connectivity index (χ1) is 13.5. The first-order valence-corrected chi connectivity index (χ1v) is 9.33. The number of nitrogens with one attached hydrogen (secondary N) is 1. The zero-order valence-electron chi connectivity index (χ0n) is 16.0. The maximum Gasteiger partial charge on any atom is 0.313 e. The van der Waals surface area contributed by atoms with Crippen LogP contribution in [0.5, 0.6) is 5.75 Å². The highest BCUT2D eigenvalue weighted by Crippen LogP contribution is 2.36. The Bertz CT molecular complexity index is 824.